The number of amides is 2. The molecule has 0 radical (unpaired) electrons. The van der Waals surface area contributed by atoms with Crippen molar-refractivity contribution in [2.24, 2.45) is 5.92 Å². The number of carbonyl (C=O) groups is 2. The molecule has 1 heterocycles. The molecule has 0 fully saturated rings. The lowest BCUT2D eigenvalue weighted by Crippen LogP contribution is -2.49. The summed E-state index contributed by atoms with van der Waals surface area (Å²) >= 11 is 0. The van der Waals surface area contributed by atoms with E-state index in [0.29, 0.717) is 6.54 Å². The molecule has 0 aliphatic carbocycles. The molecule has 0 spiro atoms. The highest BCUT2D eigenvalue weighted by Crippen LogP contribution is 2.05. The zero-order chi connectivity index (χ0) is 17.4. The molecule has 126 valence electrons. The van der Waals surface area contributed by atoms with Crippen LogP contribution in [0.2, 0.25) is 0 Å². The highest BCUT2D eigenvalue weighted by Gasteiger charge is 2.23. The van der Waals surface area contributed by atoms with Crippen molar-refractivity contribution in [1.29, 1.82) is 0 Å². The number of aromatic nitrogens is 1. The highest BCUT2D eigenvalue weighted by atomic mass is 16.2. The standard InChI is InChI=1S/C19H23N3O2/c1-14(2)18(19(24)21-13-16-9-6-10-20-12-16)22-17(23)11-15-7-4-3-5-8-15/h3-10,12,14,18H,11,13H2,1-2H3,(H,21,24)(H,22,23)/t18-/m1/s1. The van der Waals surface area contributed by atoms with E-state index >= 15 is 0 Å². The van der Waals surface area contributed by atoms with E-state index in [0.717, 1.165) is 11.1 Å². The van der Waals surface area contributed by atoms with Crippen LogP contribution in [-0.4, -0.2) is 22.8 Å². The molecule has 2 N–H and O–H groups in total. The number of rotatable bonds is 7. The Labute approximate surface area is 142 Å². The van der Waals surface area contributed by atoms with Gasteiger partial charge < -0.3 is 10.6 Å². The van der Waals surface area contributed by atoms with Gasteiger partial charge in [0.05, 0.1) is 6.42 Å². The summed E-state index contributed by atoms with van der Waals surface area (Å²) < 4.78 is 0. The van der Waals surface area contributed by atoms with E-state index in [-0.39, 0.29) is 24.2 Å². The van der Waals surface area contributed by atoms with E-state index in [2.05, 4.69) is 15.6 Å². The van der Waals surface area contributed by atoms with Crippen molar-refractivity contribution in [3.05, 3.63) is 66.0 Å². The average Bonchev–Trinajstić information content (AvgIpc) is 2.59. The molecule has 0 aliphatic rings. The lowest BCUT2D eigenvalue weighted by Gasteiger charge is -2.21. The van der Waals surface area contributed by atoms with Crippen LogP contribution in [0.4, 0.5) is 0 Å². The van der Waals surface area contributed by atoms with Gasteiger partial charge in [-0.3, -0.25) is 14.6 Å². The average molecular weight is 325 g/mol. The first-order valence-corrected chi connectivity index (χ1v) is 8.06. The van der Waals surface area contributed by atoms with Gasteiger partial charge in [-0.2, -0.15) is 0 Å². The summed E-state index contributed by atoms with van der Waals surface area (Å²) in [6.07, 6.45) is 3.66. The molecule has 1 aromatic heterocycles. The minimum absolute atomic E-state index is 0.00128. The Morgan fingerprint density at radius 3 is 2.38 bits per heavy atom. The van der Waals surface area contributed by atoms with Crippen molar-refractivity contribution in [3.63, 3.8) is 0 Å². The summed E-state index contributed by atoms with van der Waals surface area (Å²) in [4.78, 5) is 28.6. The van der Waals surface area contributed by atoms with Crippen LogP contribution in [0.15, 0.2) is 54.9 Å². The Balaban J connectivity index is 1.90. The number of pyridine rings is 1. The van der Waals surface area contributed by atoms with Crippen LogP contribution < -0.4 is 10.6 Å². The van der Waals surface area contributed by atoms with Crippen molar-refractivity contribution in [1.82, 2.24) is 15.6 Å². The number of nitrogens with zero attached hydrogens (tertiary/aromatic N) is 1. The molecule has 2 aromatic rings. The van der Waals surface area contributed by atoms with E-state index in [1.54, 1.807) is 12.4 Å². The molecule has 2 amide bonds. The largest absolute Gasteiger partial charge is 0.350 e. The van der Waals surface area contributed by atoms with Gasteiger partial charge in [0.2, 0.25) is 11.8 Å². The third-order valence-electron chi connectivity index (χ3n) is 3.66. The minimum atomic E-state index is -0.558. The van der Waals surface area contributed by atoms with Gasteiger partial charge in [-0.05, 0) is 23.1 Å². The normalized spacial score (nSPS) is 11.8. The zero-order valence-corrected chi connectivity index (χ0v) is 14.0. The number of nitrogens with one attached hydrogen (secondary N) is 2. The van der Waals surface area contributed by atoms with Crippen molar-refractivity contribution < 1.29 is 9.59 Å². The van der Waals surface area contributed by atoms with E-state index < -0.39 is 6.04 Å². The second-order valence-corrected chi connectivity index (χ2v) is 6.03. The van der Waals surface area contributed by atoms with Crippen LogP contribution in [0.5, 0.6) is 0 Å². The fourth-order valence-corrected chi connectivity index (χ4v) is 2.34. The fraction of sp³-hybridized carbons (Fsp3) is 0.316. The monoisotopic (exact) mass is 325 g/mol. The molecule has 0 saturated carbocycles. The van der Waals surface area contributed by atoms with Crippen LogP contribution >= 0.6 is 0 Å². The quantitative estimate of drug-likeness (QED) is 0.819. The summed E-state index contributed by atoms with van der Waals surface area (Å²) in [6, 6.07) is 12.6. The van der Waals surface area contributed by atoms with Crippen molar-refractivity contribution in [2.75, 3.05) is 0 Å². The van der Waals surface area contributed by atoms with Gasteiger partial charge in [0.25, 0.3) is 0 Å². The molecule has 0 bridgehead atoms. The summed E-state index contributed by atoms with van der Waals surface area (Å²) in [5.41, 5.74) is 1.84. The third kappa shape index (κ3) is 5.50. The predicted molar refractivity (Wildman–Crippen MR) is 93.0 cm³/mol. The molecule has 5 heteroatoms. The van der Waals surface area contributed by atoms with Crippen molar-refractivity contribution in [3.8, 4) is 0 Å². The topological polar surface area (TPSA) is 71.1 Å². The maximum Gasteiger partial charge on any atom is 0.243 e. The first-order chi connectivity index (χ1) is 11.6. The van der Waals surface area contributed by atoms with Gasteiger partial charge in [0, 0.05) is 18.9 Å². The van der Waals surface area contributed by atoms with Gasteiger partial charge in [-0.25, -0.2) is 0 Å². The Morgan fingerprint density at radius 2 is 1.75 bits per heavy atom. The van der Waals surface area contributed by atoms with Gasteiger partial charge in [0.1, 0.15) is 6.04 Å². The first kappa shape index (κ1) is 17.7. The fourth-order valence-electron chi connectivity index (χ4n) is 2.34. The first-order valence-electron chi connectivity index (χ1n) is 8.06. The molecule has 24 heavy (non-hydrogen) atoms. The molecular weight excluding hydrogens is 302 g/mol. The van der Waals surface area contributed by atoms with Crippen LogP contribution in [0, 0.1) is 5.92 Å². The molecule has 0 saturated heterocycles. The van der Waals surface area contributed by atoms with Crippen molar-refractivity contribution in [2.45, 2.75) is 32.9 Å². The molecule has 1 aromatic carbocycles. The SMILES string of the molecule is CC(C)[C@@H](NC(=O)Cc1ccccc1)C(=O)NCc1cccnc1. The Bertz CT molecular complexity index is 657. The van der Waals surface area contributed by atoms with Crippen LogP contribution in [0.3, 0.4) is 0 Å². The van der Waals surface area contributed by atoms with Crippen LogP contribution in [0.25, 0.3) is 0 Å². The van der Waals surface area contributed by atoms with Gasteiger partial charge >= 0.3 is 0 Å². The molecular formula is C19H23N3O2. The lowest BCUT2D eigenvalue weighted by molar-refractivity contribution is -0.129. The van der Waals surface area contributed by atoms with Gasteiger partial charge in [0.15, 0.2) is 0 Å². The van der Waals surface area contributed by atoms with Crippen molar-refractivity contribution >= 4 is 11.8 Å². The summed E-state index contributed by atoms with van der Waals surface area (Å²) in [5, 5.41) is 5.69. The van der Waals surface area contributed by atoms with Crippen LogP contribution in [-0.2, 0) is 22.6 Å². The van der Waals surface area contributed by atoms with Crippen LogP contribution in [0.1, 0.15) is 25.0 Å². The molecule has 0 unspecified atom stereocenters. The maximum absolute atomic E-state index is 12.4. The van der Waals surface area contributed by atoms with Gasteiger partial charge in [-0.1, -0.05) is 50.2 Å². The van der Waals surface area contributed by atoms with E-state index in [1.807, 2.05) is 56.3 Å². The third-order valence-corrected chi connectivity index (χ3v) is 3.66. The molecule has 0 aliphatic heterocycles. The number of benzene rings is 1. The smallest absolute Gasteiger partial charge is 0.243 e. The Kier molecular flexibility index (Phi) is 6.49. The minimum Gasteiger partial charge on any atom is -0.350 e. The second kappa shape index (κ2) is 8.82. The summed E-state index contributed by atoms with van der Waals surface area (Å²) in [7, 11) is 0. The number of hydrogen-bond donors (Lipinski definition) is 2. The van der Waals surface area contributed by atoms with E-state index in [9.17, 15) is 9.59 Å². The number of carbonyl (C=O) groups excluding carboxylic acids is 2. The molecule has 2 rings (SSSR count). The maximum atomic E-state index is 12.4. The predicted octanol–water partition coefficient (Wildman–Crippen LogP) is 2.08. The molecule has 1 atom stereocenters. The van der Waals surface area contributed by atoms with E-state index in [1.165, 1.54) is 0 Å². The zero-order valence-electron chi connectivity index (χ0n) is 14.0. The second-order valence-electron chi connectivity index (χ2n) is 6.03. The Hall–Kier alpha value is -2.69. The van der Waals surface area contributed by atoms with Gasteiger partial charge in [-0.15, -0.1) is 0 Å². The number of hydrogen-bond acceptors (Lipinski definition) is 3. The van der Waals surface area contributed by atoms with E-state index in [4.69, 9.17) is 0 Å². The Morgan fingerprint density at radius 1 is 1.04 bits per heavy atom. The summed E-state index contributed by atoms with van der Waals surface area (Å²) in [5.74, 6) is -0.342. The lowest BCUT2D eigenvalue weighted by atomic mass is 10.0. The summed E-state index contributed by atoms with van der Waals surface area (Å²) in [6.45, 7) is 4.22. The molecule has 5 nitrogen and oxygen atoms in total. The highest BCUT2D eigenvalue weighted by molar-refractivity contribution is 5.88.